The van der Waals surface area contributed by atoms with Gasteiger partial charge in [0.25, 0.3) is 0 Å². The molecule has 0 saturated carbocycles. The van der Waals surface area contributed by atoms with E-state index in [1.807, 2.05) is 0 Å². The van der Waals surface area contributed by atoms with E-state index >= 15 is 0 Å². The van der Waals surface area contributed by atoms with Crippen molar-refractivity contribution in [1.29, 1.82) is 0 Å². The topological polar surface area (TPSA) is 53.1 Å². The maximum Gasteiger partial charge on any atom is 0.239 e. The van der Waals surface area contributed by atoms with Crippen LogP contribution in [0.25, 0.3) is 5.69 Å². The van der Waals surface area contributed by atoms with Crippen LogP contribution in [-0.2, 0) is 0 Å². The molecular formula is C10H10FN3O. The van der Waals surface area contributed by atoms with E-state index < -0.39 is 5.95 Å². The molecule has 1 aromatic carbocycles. The predicted octanol–water partition coefficient (Wildman–Crippen LogP) is 1.60. The average molecular weight is 207 g/mol. The van der Waals surface area contributed by atoms with Crippen molar-refractivity contribution in [2.75, 3.05) is 12.8 Å². The van der Waals surface area contributed by atoms with Gasteiger partial charge in [-0.3, -0.25) is 0 Å². The lowest BCUT2D eigenvalue weighted by Gasteiger charge is -2.07. The fourth-order valence-electron chi connectivity index (χ4n) is 1.32. The van der Waals surface area contributed by atoms with Crippen LogP contribution >= 0.6 is 0 Å². The lowest BCUT2D eigenvalue weighted by molar-refractivity contribution is 0.408. The first-order chi connectivity index (χ1) is 7.24. The Hall–Kier alpha value is -2.04. The molecule has 0 spiro atoms. The summed E-state index contributed by atoms with van der Waals surface area (Å²) >= 11 is 0. The van der Waals surface area contributed by atoms with Crippen molar-refractivity contribution >= 4 is 5.69 Å². The molecule has 0 aliphatic heterocycles. The normalized spacial score (nSPS) is 10.3. The minimum atomic E-state index is -0.584. The quantitative estimate of drug-likeness (QED) is 0.813. The first-order valence-electron chi connectivity index (χ1n) is 4.36. The van der Waals surface area contributed by atoms with E-state index in [9.17, 15) is 4.39 Å². The number of anilines is 1. The Morgan fingerprint density at radius 3 is 2.73 bits per heavy atom. The number of ether oxygens (including phenoxy) is 1. The molecule has 2 N–H and O–H groups in total. The van der Waals surface area contributed by atoms with Crippen molar-refractivity contribution in [3.05, 3.63) is 36.4 Å². The van der Waals surface area contributed by atoms with E-state index in [4.69, 9.17) is 10.5 Å². The van der Waals surface area contributed by atoms with Crippen LogP contribution in [0.15, 0.2) is 30.5 Å². The van der Waals surface area contributed by atoms with Gasteiger partial charge in [0.15, 0.2) is 0 Å². The van der Waals surface area contributed by atoms with Crippen molar-refractivity contribution in [1.82, 2.24) is 9.78 Å². The summed E-state index contributed by atoms with van der Waals surface area (Å²) < 4.78 is 19.7. The van der Waals surface area contributed by atoms with E-state index in [2.05, 4.69) is 5.10 Å². The van der Waals surface area contributed by atoms with Crippen molar-refractivity contribution < 1.29 is 9.13 Å². The molecular weight excluding hydrogens is 197 g/mol. The second kappa shape index (κ2) is 3.61. The minimum absolute atomic E-state index is 0.0147. The Balaban J connectivity index is 2.58. The Morgan fingerprint density at radius 1 is 1.40 bits per heavy atom. The van der Waals surface area contributed by atoms with E-state index in [1.165, 1.54) is 13.3 Å². The van der Waals surface area contributed by atoms with Crippen LogP contribution in [0.2, 0.25) is 0 Å². The highest BCUT2D eigenvalue weighted by molar-refractivity contribution is 5.48. The van der Waals surface area contributed by atoms with Crippen LogP contribution in [0.3, 0.4) is 0 Å². The molecule has 0 atom stereocenters. The fraction of sp³-hybridized carbons (Fsp3) is 0.100. The third-order valence-electron chi connectivity index (χ3n) is 2.05. The third kappa shape index (κ3) is 1.52. The summed E-state index contributed by atoms with van der Waals surface area (Å²) in [7, 11) is 1.52. The molecule has 78 valence electrons. The van der Waals surface area contributed by atoms with E-state index in [-0.39, 0.29) is 5.69 Å². The van der Waals surface area contributed by atoms with Gasteiger partial charge in [0.05, 0.1) is 13.3 Å². The number of nitrogen functional groups attached to an aromatic ring is 1. The van der Waals surface area contributed by atoms with Gasteiger partial charge in [0.1, 0.15) is 17.1 Å². The van der Waals surface area contributed by atoms with Crippen molar-refractivity contribution in [2.45, 2.75) is 0 Å². The Morgan fingerprint density at radius 2 is 2.13 bits per heavy atom. The van der Waals surface area contributed by atoms with Gasteiger partial charge in [-0.15, -0.1) is 0 Å². The lowest BCUT2D eigenvalue weighted by Crippen LogP contribution is -2.02. The third-order valence-corrected chi connectivity index (χ3v) is 2.05. The second-order valence-corrected chi connectivity index (χ2v) is 2.97. The largest absolute Gasteiger partial charge is 0.494 e. The minimum Gasteiger partial charge on any atom is -0.494 e. The number of aromatic nitrogens is 2. The summed E-state index contributed by atoms with van der Waals surface area (Å²) in [5, 5.41) is 3.83. The highest BCUT2D eigenvalue weighted by atomic mass is 19.1. The van der Waals surface area contributed by atoms with E-state index in [0.29, 0.717) is 11.4 Å². The zero-order valence-corrected chi connectivity index (χ0v) is 8.14. The summed E-state index contributed by atoms with van der Waals surface area (Å²) in [5.41, 5.74) is 5.91. The molecule has 1 heterocycles. The molecule has 0 fully saturated rings. The van der Waals surface area contributed by atoms with Gasteiger partial charge in [-0.2, -0.15) is 9.49 Å². The zero-order chi connectivity index (χ0) is 10.8. The molecule has 0 amide bonds. The smallest absolute Gasteiger partial charge is 0.239 e. The number of nitrogens with two attached hydrogens (primary N) is 1. The number of nitrogens with zero attached hydrogens (tertiary/aromatic N) is 2. The van der Waals surface area contributed by atoms with Crippen molar-refractivity contribution in [2.24, 2.45) is 0 Å². The summed E-state index contributed by atoms with van der Waals surface area (Å²) in [6.45, 7) is 0. The number of hydrogen-bond donors (Lipinski definition) is 1. The number of rotatable bonds is 2. The average Bonchev–Trinajstić information content (AvgIpc) is 2.60. The number of para-hydroxylation sites is 2. The Bertz CT molecular complexity index is 481. The molecule has 0 unspecified atom stereocenters. The molecule has 2 aromatic rings. The second-order valence-electron chi connectivity index (χ2n) is 2.97. The number of benzene rings is 1. The monoisotopic (exact) mass is 207 g/mol. The summed E-state index contributed by atoms with van der Waals surface area (Å²) in [6, 6.07) is 7.00. The standard InChI is InChI=1S/C10H10FN3O/c1-15-9-5-3-2-4-8(9)14-10(11)7(12)6-13-14/h2-6H,12H2,1H3. The van der Waals surface area contributed by atoms with Crippen molar-refractivity contribution in [3.8, 4) is 11.4 Å². The van der Waals surface area contributed by atoms with Crippen LogP contribution in [0.1, 0.15) is 0 Å². The summed E-state index contributed by atoms with van der Waals surface area (Å²) in [6.07, 6.45) is 1.27. The van der Waals surface area contributed by atoms with Crippen LogP contribution in [0.5, 0.6) is 5.75 Å². The molecule has 4 nitrogen and oxygen atoms in total. The lowest BCUT2D eigenvalue weighted by atomic mass is 10.3. The Labute approximate surface area is 86.1 Å². The summed E-state index contributed by atoms with van der Waals surface area (Å²) in [5.74, 6) is -0.0426. The highest BCUT2D eigenvalue weighted by Gasteiger charge is 2.12. The molecule has 0 radical (unpaired) electrons. The van der Waals surface area contributed by atoms with Crippen LogP contribution < -0.4 is 10.5 Å². The fourth-order valence-corrected chi connectivity index (χ4v) is 1.32. The maximum absolute atomic E-state index is 13.5. The van der Waals surface area contributed by atoms with Gasteiger partial charge in [-0.1, -0.05) is 12.1 Å². The van der Waals surface area contributed by atoms with Crippen LogP contribution in [-0.4, -0.2) is 16.9 Å². The van der Waals surface area contributed by atoms with Gasteiger partial charge in [0.2, 0.25) is 5.95 Å². The number of methoxy groups -OCH3 is 1. The van der Waals surface area contributed by atoms with Crippen LogP contribution in [0, 0.1) is 5.95 Å². The molecule has 1 aromatic heterocycles. The Kier molecular flexibility index (Phi) is 2.29. The molecule has 15 heavy (non-hydrogen) atoms. The van der Waals surface area contributed by atoms with Gasteiger partial charge in [-0.25, -0.2) is 4.68 Å². The molecule has 5 heteroatoms. The first-order valence-corrected chi connectivity index (χ1v) is 4.36. The van der Waals surface area contributed by atoms with Crippen LogP contribution in [0.4, 0.5) is 10.1 Å². The molecule has 2 rings (SSSR count). The number of halogens is 1. The summed E-state index contributed by atoms with van der Waals surface area (Å²) in [4.78, 5) is 0. The SMILES string of the molecule is COc1ccccc1-n1ncc(N)c1F. The molecule has 0 aliphatic rings. The highest BCUT2D eigenvalue weighted by Crippen LogP contribution is 2.23. The molecule has 0 bridgehead atoms. The first kappa shape index (κ1) is 9.51. The maximum atomic E-state index is 13.5. The van der Waals surface area contributed by atoms with E-state index in [1.54, 1.807) is 24.3 Å². The van der Waals surface area contributed by atoms with Crippen molar-refractivity contribution in [3.63, 3.8) is 0 Å². The van der Waals surface area contributed by atoms with E-state index in [0.717, 1.165) is 4.68 Å². The predicted molar refractivity (Wildman–Crippen MR) is 54.5 cm³/mol. The van der Waals surface area contributed by atoms with Gasteiger partial charge in [0, 0.05) is 0 Å². The molecule has 0 aliphatic carbocycles. The van der Waals surface area contributed by atoms with Gasteiger partial charge in [-0.05, 0) is 12.1 Å². The van der Waals surface area contributed by atoms with Gasteiger partial charge < -0.3 is 10.5 Å². The molecule has 0 saturated heterocycles. The zero-order valence-electron chi connectivity index (χ0n) is 8.14. The van der Waals surface area contributed by atoms with Gasteiger partial charge >= 0.3 is 0 Å². The number of hydrogen-bond acceptors (Lipinski definition) is 3.